The highest BCUT2D eigenvalue weighted by Crippen LogP contribution is 2.24. The second-order valence-corrected chi connectivity index (χ2v) is 4.46. The van der Waals surface area contributed by atoms with Crippen LogP contribution >= 0.6 is 0 Å². The molecule has 0 amide bonds. The zero-order valence-corrected chi connectivity index (χ0v) is 11.9. The van der Waals surface area contributed by atoms with E-state index in [1.165, 1.54) is 6.07 Å². The van der Waals surface area contributed by atoms with Gasteiger partial charge in [-0.25, -0.2) is 0 Å². The highest BCUT2D eigenvalue weighted by atomic mass is 16.6. The summed E-state index contributed by atoms with van der Waals surface area (Å²) in [6, 6.07) is 12.4. The number of nitro benzene ring substituents is 1. The molecular formula is C16H16N2O3. The number of aryl methyl sites for hydroxylation is 1. The first kappa shape index (κ1) is 14.7. The third kappa shape index (κ3) is 3.66. The summed E-state index contributed by atoms with van der Waals surface area (Å²) in [4.78, 5) is 14.8. The number of rotatable bonds is 5. The Kier molecular flexibility index (Phi) is 4.66. The van der Waals surface area contributed by atoms with E-state index in [0.29, 0.717) is 17.9 Å². The van der Waals surface area contributed by atoms with Crippen molar-refractivity contribution in [1.82, 2.24) is 0 Å². The number of hydrogen-bond donors (Lipinski definition) is 0. The molecule has 0 radical (unpaired) electrons. The number of para-hydroxylation sites is 1. The third-order valence-corrected chi connectivity index (χ3v) is 2.96. The lowest BCUT2D eigenvalue weighted by Gasteiger charge is -2.05. The minimum absolute atomic E-state index is 0.0720. The van der Waals surface area contributed by atoms with E-state index in [-0.39, 0.29) is 5.69 Å². The molecule has 0 N–H and O–H groups in total. The van der Waals surface area contributed by atoms with Crippen LogP contribution in [-0.4, -0.2) is 17.7 Å². The van der Waals surface area contributed by atoms with Gasteiger partial charge in [-0.15, -0.1) is 0 Å². The Morgan fingerprint density at radius 1 is 1.29 bits per heavy atom. The van der Waals surface area contributed by atoms with E-state index < -0.39 is 4.92 Å². The molecule has 2 rings (SSSR count). The first-order valence-electron chi connectivity index (χ1n) is 6.62. The number of benzene rings is 2. The van der Waals surface area contributed by atoms with Gasteiger partial charge in [-0.2, -0.15) is 0 Å². The predicted octanol–water partition coefficient (Wildman–Crippen LogP) is 4.05. The van der Waals surface area contributed by atoms with Gasteiger partial charge in [-0.05, 0) is 32.0 Å². The van der Waals surface area contributed by atoms with E-state index in [0.717, 1.165) is 11.3 Å². The van der Waals surface area contributed by atoms with E-state index in [4.69, 9.17) is 4.74 Å². The van der Waals surface area contributed by atoms with E-state index in [1.54, 1.807) is 25.3 Å². The first-order chi connectivity index (χ1) is 10.1. The summed E-state index contributed by atoms with van der Waals surface area (Å²) < 4.78 is 5.51. The number of nitrogens with zero attached hydrogens (tertiary/aromatic N) is 2. The maximum atomic E-state index is 10.9. The van der Waals surface area contributed by atoms with Crippen molar-refractivity contribution >= 4 is 17.6 Å². The lowest BCUT2D eigenvalue weighted by atomic mass is 10.2. The van der Waals surface area contributed by atoms with Crippen molar-refractivity contribution in [2.24, 2.45) is 4.99 Å². The maximum absolute atomic E-state index is 10.9. The summed E-state index contributed by atoms with van der Waals surface area (Å²) >= 11 is 0. The largest absolute Gasteiger partial charge is 0.493 e. The summed E-state index contributed by atoms with van der Waals surface area (Å²) in [6.45, 7) is 4.19. The number of ether oxygens (including phenoxy) is 1. The molecule has 5 heteroatoms. The molecule has 0 aliphatic rings. The van der Waals surface area contributed by atoms with Crippen LogP contribution in [0, 0.1) is 17.0 Å². The van der Waals surface area contributed by atoms with Gasteiger partial charge in [0.2, 0.25) is 0 Å². The predicted molar refractivity (Wildman–Crippen MR) is 82.7 cm³/mol. The molecule has 0 heterocycles. The fourth-order valence-corrected chi connectivity index (χ4v) is 1.89. The van der Waals surface area contributed by atoms with Gasteiger partial charge in [0.05, 0.1) is 17.2 Å². The van der Waals surface area contributed by atoms with Crippen LogP contribution in [-0.2, 0) is 0 Å². The minimum atomic E-state index is -0.400. The van der Waals surface area contributed by atoms with Crippen molar-refractivity contribution in [2.45, 2.75) is 13.8 Å². The van der Waals surface area contributed by atoms with Crippen molar-refractivity contribution in [3.63, 3.8) is 0 Å². The van der Waals surface area contributed by atoms with E-state index in [2.05, 4.69) is 4.99 Å². The van der Waals surface area contributed by atoms with Crippen molar-refractivity contribution in [2.75, 3.05) is 6.61 Å². The third-order valence-electron chi connectivity index (χ3n) is 2.96. The first-order valence-corrected chi connectivity index (χ1v) is 6.62. The minimum Gasteiger partial charge on any atom is -0.493 e. The Hall–Kier alpha value is -2.69. The summed E-state index contributed by atoms with van der Waals surface area (Å²) in [6.07, 6.45) is 1.65. The number of nitro groups is 1. The number of hydrogen-bond acceptors (Lipinski definition) is 4. The molecule has 0 saturated carbocycles. The summed E-state index contributed by atoms with van der Waals surface area (Å²) in [5, 5.41) is 10.9. The van der Waals surface area contributed by atoms with Crippen molar-refractivity contribution in [3.8, 4) is 5.75 Å². The Bertz CT molecular complexity index is 681. The zero-order chi connectivity index (χ0) is 15.2. The normalized spacial score (nSPS) is 10.8. The van der Waals surface area contributed by atoms with E-state index >= 15 is 0 Å². The van der Waals surface area contributed by atoms with Gasteiger partial charge >= 0.3 is 0 Å². The van der Waals surface area contributed by atoms with Gasteiger partial charge < -0.3 is 4.74 Å². The highest BCUT2D eigenvalue weighted by Gasteiger charge is 2.10. The van der Waals surface area contributed by atoms with E-state index in [9.17, 15) is 10.1 Å². The molecule has 2 aromatic rings. The summed E-state index contributed by atoms with van der Waals surface area (Å²) in [5.41, 5.74) is 2.07. The van der Waals surface area contributed by atoms with Crippen molar-refractivity contribution in [3.05, 3.63) is 63.7 Å². The molecule has 0 aromatic heterocycles. The van der Waals surface area contributed by atoms with Crippen LogP contribution in [0.15, 0.2) is 47.5 Å². The van der Waals surface area contributed by atoms with Gasteiger partial charge in [0, 0.05) is 23.4 Å². The second kappa shape index (κ2) is 6.65. The zero-order valence-electron chi connectivity index (χ0n) is 11.9. The molecule has 5 nitrogen and oxygen atoms in total. The molecule has 0 aliphatic heterocycles. The molecule has 0 saturated heterocycles. The Labute approximate surface area is 123 Å². The fourth-order valence-electron chi connectivity index (χ4n) is 1.89. The van der Waals surface area contributed by atoms with Crippen molar-refractivity contribution in [1.29, 1.82) is 0 Å². The summed E-state index contributed by atoms with van der Waals surface area (Å²) in [7, 11) is 0. The van der Waals surface area contributed by atoms with Crippen LogP contribution in [0.4, 0.5) is 11.4 Å². The number of aliphatic imine (C=N–C) groups is 1. The van der Waals surface area contributed by atoms with E-state index in [1.807, 2.05) is 31.2 Å². The van der Waals surface area contributed by atoms with Gasteiger partial charge in [-0.1, -0.05) is 18.2 Å². The fraction of sp³-hybridized carbons (Fsp3) is 0.188. The topological polar surface area (TPSA) is 64.7 Å². The highest BCUT2D eigenvalue weighted by molar-refractivity contribution is 5.85. The molecule has 0 bridgehead atoms. The molecule has 0 aliphatic carbocycles. The van der Waals surface area contributed by atoms with Gasteiger partial charge in [0.1, 0.15) is 5.75 Å². The molecule has 21 heavy (non-hydrogen) atoms. The van der Waals surface area contributed by atoms with Crippen LogP contribution in [0.2, 0.25) is 0 Å². The molecular weight excluding hydrogens is 268 g/mol. The monoisotopic (exact) mass is 284 g/mol. The molecule has 0 spiro atoms. The smallest absolute Gasteiger partial charge is 0.274 e. The SMILES string of the molecule is CCOc1ccccc1C=Nc1ccc(C)c([N+](=O)[O-])c1. The quantitative estimate of drug-likeness (QED) is 0.472. The van der Waals surface area contributed by atoms with Crippen LogP contribution in [0.3, 0.4) is 0 Å². The molecule has 0 unspecified atom stereocenters. The van der Waals surface area contributed by atoms with Crippen molar-refractivity contribution < 1.29 is 9.66 Å². The molecule has 108 valence electrons. The Balaban J connectivity index is 2.30. The Morgan fingerprint density at radius 3 is 2.76 bits per heavy atom. The van der Waals surface area contributed by atoms with Crippen LogP contribution in [0.5, 0.6) is 5.75 Å². The van der Waals surface area contributed by atoms with Gasteiger partial charge in [0.25, 0.3) is 5.69 Å². The molecule has 0 fully saturated rings. The second-order valence-electron chi connectivity index (χ2n) is 4.46. The van der Waals surface area contributed by atoms with Gasteiger partial charge in [-0.3, -0.25) is 15.1 Å². The van der Waals surface area contributed by atoms with Gasteiger partial charge in [0.15, 0.2) is 0 Å². The molecule has 0 atom stereocenters. The lowest BCUT2D eigenvalue weighted by molar-refractivity contribution is -0.385. The van der Waals surface area contributed by atoms with Crippen LogP contribution in [0.25, 0.3) is 0 Å². The van der Waals surface area contributed by atoms with Crippen LogP contribution in [0.1, 0.15) is 18.1 Å². The summed E-state index contributed by atoms with van der Waals surface area (Å²) in [5.74, 6) is 0.741. The standard InChI is InChI=1S/C16H16N2O3/c1-3-21-16-7-5-4-6-13(16)11-17-14-9-8-12(2)15(10-14)18(19)20/h4-11H,3H2,1-2H3. The van der Waals surface area contributed by atoms with Crippen LogP contribution < -0.4 is 4.74 Å². The lowest BCUT2D eigenvalue weighted by Crippen LogP contribution is -1.95. The molecule has 2 aromatic carbocycles. The Morgan fingerprint density at radius 2 is 2.05 bits per heavy atom. The average molecular weight is 284 g/mol. The maximum Gasteiger partial charge on any atom is 0.274 e. The average Bonchev–Trinajstić information content (AvgIpc) is 2.47.